The van der Waals surface area contributed by atoms with Gasteiger partial charge in [0.1, 0.15) is 5.15 Å². The molecule has 0 fully saturated rings. The van der Waals surface area contributed by atoms with Gasteiger partial charge < -0.3 is 10.1 Å². The highest BCUT2D eigenvalue weighted by Gasteiger charge is 2.11. The largest absolute Gasteiger partial charge is 0.389 e. The number of aromatic amines is 1. The van der Waals surface area contributed by atoms with Crippen LogP contribution in [-0.2, 0) is 0 Å². The van der Waals surface area contributed by atoms with Crippen LogP contribution in [0, 0.1) is 0 Å². The van der Waals surface area contributed by atoms with E-state index in [1.807, 2.05) is 68.4 Å². The van der Waals surface area contributed by atoms with E-state index in [4.69, 9.17) is 11.6 Å². The second-order valence-electron chi connectivity index (χ2n) is 5.73. The van der Waals surface area contributed by atoms with Crippen LogP contribution in [0.15, 0.2) is 54.6 Å². The number of para-hydroxylation sites is 1. The molecule has 0 spiro atoms. The van der Waals surface area contributed by atoms with Crippen molar-refractivity contribution in [2.45, 2.75) is 26.9 Å². The average molecular weight is 353 g/mol. The second-order valence-corrected chi connectivity index (χ2v) is 6.08. The van der Waals surface area contributed by atoms with Crippen molar-refractivity contribution in [3.8, 4) is 11.3 Å². The van der Waals surface area contributed by atoms with Gasteiger partial charge in [-0.25, -0.2) is 4.98 Å². The van der Waals surface area contributed by atoms with E-state index in [-0.39, 0.29) is 0 Å². The monoisotopic (exact) mass is 352 g/mol. The topological polar surface area (TPSA) is 48.9 Å². The molecule has 2 aromatic heterocycles. The third-order valence-corrected chi connectivity index (χ3v) is 4.38. The Morgan fingerprint density at radius 3 is 2.52 bits per heavy atom. The summed E-state index contributed by atoms with van der Waals surface area (Å²) in [6, 6.07) is 17.9. The molecule has 25 heavy (non-hydrogen) atoms. The number of aromatic nitrogens is 2. The normalized spacial score (nSPS) is 12.0. The number of fused-ring (bicyclic) bond motifs is 2. The summed E-state index contributed by atoms with van der Waals surface area (Å²) in [7, 11) is 0. The molecule has 2 aromatic carbocycles. The van der Waals surface area contributed by atoms with Crippen molar-refractivity contribution in [1.29, 1.82) is 0 Å². The molecule has 3 nitrogen and oxygen atoms in total. The predicted octanol–water partition coefficient (Wildman–Crippen LogP) is 6.12. The number of hydrogen-bond donors (Lipinski definition) is 2. The highest BCUT2D eigenvalue weighted by atomic mass is 35.5. The molecular weight excluding hydrogens is 332 g/mol. The second kappa shape index (κ2) is 7.26. The van der Waals surface area contributed by atoms with E-state index in [0.717, 1.165) is 38.6 Å². The minimum absolute atomic E-state index is 0.478. The Morgan fingerprint density at radius 1 is 1.00 bits per heavy atom. The zero-order valence-corrected chi connectivity index (χ0v) is 15.3. The quantitative estimate of drug-likeness (QED) is 0.427. The van der Waals surface area contributed by atoms with Gasteiger partial charge in [0.15, 0.2) is 0 Å². The first-order chi connectivity index (χ1) is 12.1. The van der Waals surface area contributed by atoms with Crippen LogP contribution in [0.2, 0.25) is 5.15 Å². The average Bonchev–Trinajstić information content (AvgIpc) is 3.05. The molecule has 0 saturated carbocycles. The summed E-state index contributed by atoms with van der Waals surface area (Å²) in [5.74, 6) is 0. The van der Waals surface area contributed by atoms with Gasteiger partial charge >= 0.3 is 0 Å². The summed E-state index contributed by atoms with van der Waals surface area (Å²) in [4.78, 5) is 7.85. The number of aliphatic hydroxyl groups excluding tert-OH is 1. The molecule has 128 valence electrons. The van der Waals surface area contributed by atoms with Crippen molar-refractivity contribution in [3.05, 3.63) is 65.3 Å². The number of halogens is 1. The first kappa shape index (κ1) is 17.5. The van der Waals surface area contributed by atoms with Crippen LogP contribution >= 0.6 is 11.6 Å². The van der Waals surface area contributed by atoms with E-state index in [0.29, 0.717) is 5.15 Å². The van der Waals surface area contributed by atoms with E-state index < -0.39 is 6.10 Å². The molecule has 0 aliphatic carbocycles. The highest BCUT2D eigenvalue weighted by molar-refractivity contribution is 6.32. The minimum Gasteiger partial charge on any atom is -0.389 e. The van der Waals surface area contributed by atoms with Gasteiger partial charge in [0.05, 0.1) is 11.6 Å². The maximum atomic E-state index is 9.73. The lowest BCUT2D eigenvalue weighted by atomic mass is 10.1. The van der Waals surface area contributed by atoms with Gasteiger partial charge in [-0.1, -0.05) is 49.7 Å². The summed E-state index contributed by atoms with van der Waals surface area (Å²) in [5, 5.41) is 12.3. The van der Waals surface area contributed by atoms with Gasteiger partial charge in [-0.2, -0.15) is 0 Å². The molecule has 0 aliphatic rings. The highest BCUT2D eigenvalue weighted by Crippen LogP contribution is 2.32. The molecule has 1 atom stereocenters. The zero-order valence-electron chi connectivity index (χ0n) is 14.5. The minimum atomic E-state index is -0.483. The number of H-pyrrole nitrogens is 1. The van der Waals surface area contributed by atoms with E-state index in [1.165, 1.54) is 0 Å². The third kappa shape index (κ3) is 3.39. The number of nitrogens with one attached hydrogen (secondary N) is 1. The molecule has 0 aliphatic heterocycles. The molecule has 4 heteroatoms. The first-order valence-corrected chi connectivity index (χ1v) is 8.86. The third-order valence-electron chi connectivity index (χ3n) is 4.09. The molecule has 0 saturated heterocycles. The molecule has 2 heterocycles. The van der Waals surface area contributed by atoms with Crippen molar-refractivity contribution >= 4 is 33.4 Å². The number of rotatable bonds is 2. The van der Waals surface area contributed by atoms with Gasteiger partial charge in [0.25, 0.3) is 0 Å². The molecule has 0 bridgehead atoms. The number of hydrogen-bond acceptors (Lipinski definition) is 2. The molecule has 4 aromatic rings. The van der Waals surface area contributed by atoms with Crippen molar-refractivity contribution in [1.82, 2.24) is 9.97 Å². The Hall–Kier alpha value is -2.36. The Kier molecular flexibility index (Phi) is 5.07. The van der Waals surface area contributed by atoms with Gasteiger partial charge in [-0.3, -0.25) is 0 Å². The van der Waals surface area contributed by atoms with Crippen LogP contribution in [-0.4, -0.2) is 15.1 Å². The smallest absolute Gasteiger partial charge is 0.139 e. The van der Waals surface area contributed by atoms with Gasteiger partial charge in [-0.05, 0) is 42.8 Å². The lowest BCUT2D eigenvalue weighted by Gasteiger charge is -2.04. The fraction of sp³-hybridized carbons (Fsp3) is 0.190. The van der Waals surface area contributed by atoms with E-state index in [9.17, 15) is 5.11 Å². The maximum Gasteiger partial charge on any atom is 0.139 e. The van der Waals surface area contributed by atoms with Crippen molar-refractivity contribution in [2.24, 2.45) is 0 Å². The summed E-state index contributed by atoms with van der Waals surface area (Å²) in [5.41, 5.74) is 4.58. The summed E-state index contributed by atoms with van der Waals surface area (Å²) < 4.78 is 0. The van der Waals surface area contributed by atoms with Crippen LogP contribution in [0.5, 0.6) is 0 Å². The lowest BCUT2D eigenvalue weighted by Crippen LogP contribution is -1.89. The van der Waals surface area contributed by atoms with Crippen LogP contribution in [0.3, 0.4) is 0 Å². The molecule has 1 unspecified atom stereocenters. The van der Waals surface area contributed by atoms with Crippen LogP contribution in [0.4, 0.5) is 0 Å². The Morgan fingerprint density at radius 2 is 1.76 bits per heavy atom. The van der Waals surface area contributed by atoms with Gasteiger partial charge in [-0.15, -0.1) is 0 Å². The fourth-order valence-corrected chi connectivity index (χ4v) is 3.08. The van der Waals surface area contributed by atoms with Crippen LogP contribution in [0.25, 0.3) is 33.1 Å². The Labute approximate surface area is 152 Å². The standard InChI is InChI=1S/C19H15ClN2O.C2H6/c1-11(23)12-6-7-17-14(8-12)10-18(21-17)15-9-13-4-2-3-5-16(13)22-19(15)20;1-2/h2-11,21,23H,1H3;1-2H3. The van der Waals surface area contributed by atoms with Crippen molar-refractivity contribution < 1.29 is 5.11 Å². The SMILES string of the molecule is CC.CC(O)c1ccc2[nH]c(-c3cc4ccccc4nc3Cl)cc2c1. The van der Waals surface area contributed by atoms with Crippen LogP contribution < -0.4 is 0 Å². The van der Waals surface area contributed by atoms with E-state index in [2.05, 4.69) is 9.97 Å². The lowest BCUT2D eigenvalue weighted by molar-refractivity contribution is 0.199. The van der Waals surface area contributed by atoms with E-state index in [1.54, 1.807) is 6.92 Å². The maximum absolute atomic E-state index is 9.73. The molecule has 2 N–H and O–H groups in total. The van der Waals surface area contributed by atoms with Gasteiger partial charge in [0.2, 0.25) is 0 Å². The van der Waals surface area contributed by atoms with Crippen molar-refractivity contribution in [3.63, 3.8) is 0 Å². The molecule has 4 rings (SSSR count). The predicted molar refractivity (Wildman–Crippen MR) is 106 cm³/mol. The number of nitrogens with zero attached hydrogens (tertiary/aromatic N) is 1. The van der Waals surface area contributed by atoms with E-state index >= 15 is 0 Å². The number of aliphatic hydroxyl groups is 1. The summed E-state index contributed by atoms with van der Waals surface area (Å²) in [6.07, 6.45) is -0.483. The first-order valence-electron chi connectivity index (χ1n) is 8.48. The Bertz CT molecular complexity index is 1020. The zero-order chi connectivity index (χ0) is 18.0. The summed E-state index contributed by atoms with van der Waals surface area (Å²) in [6.45, 7) is 5.76. The fourth-order valence-electron chi connectivity index (χ4n) is 2.84. The van der Waals surface area contributed by atoms with Crippen molar-refractivity contribution in [2.75, 3.05) is 0 Å². The van der Waals surface area contributed by atoms with Gasteiger partial charge in [0, 0.05) is 27.5 Å². The summed E-state index contributed by atoms with van der Waals surface area (Å²) >= 11 is 6.38. The molecular formula is C21H21ClN2O. The molecule has 0 radical (unpaired) electrons. The number of benzene rings is 2. The Balaban J connectivity index is 0.000000880. The number of pyridine rings is 1. The molecule has 0 amide bonds. The van der Waals surface area contributed by atoms with Crippen LogP contribution in [0.1, 0.15) is 32.4 Å².